The summed E-state index contributed by atoms with van der Waals surface area (Å²) in [7, 11) is 1.33. The number of aromatic nitrogens is 1. The number of methoxy groups -OCH3 is 1. The zero-order valence-electron chi connectivity index (χ0n) is 17.5. The van der Waals surface area contributed by atoms with E-state index in [0.717, 1.165) is 29.0 Å². The Hall–Kier alpha value is -2.30. The van der Waals surface area contributed by atoms with Gasteiger partial charge in [0.05, 0.1) is 30.4 Å². The van der Waals surface area contributed by atoms with E-state index in [1.807, 2.05) is 20.8 Å². The molecule has 0 radical (unpaired) electrons. The van der Waals surface area contributed by atoms with Crippen LogP contribution in [0, 0.1) is 20.8 Å². The van der Waals surface area contributed by atoms with Crippen molar-refractivity contribution in [1.29, 1.82) is 0 Å². The van der Waals surface area contributed by atoms with Crippen LogP contribution in [-0.2, 0) is 9.53 Å². The number of anilines is 1. The number of hydrogen-bond acceptors (Lipinski definition) is 8. The minimum Gasteiger partial charge on any atom is -0.465 e. The predicted octanol–water partition coefficient (Wildman–Crippen LogP) is 2.75. The summed E-state index contributed by atoms with van der Waals surface area (Å²) in [4.78, 5) is 44.7. The molecule has 0 aromatic carbocycles. The molecule has 2 N–H and O–H groups in total. The van der Waals surface area contributed by atoms with E-state index in [1.54, 1.807) is 5.51 Å². The normalized spacial score (nSPS) is 15.1. The Morgan fingerprint density at radius 2 is 1.93 bits per heavy atom. The second-order valence-electron chi connectivity index (χ2n) is 7.32. The van der Waals surface area contributed by atoms with Crippen molar-refractivity contribution in [2.75, 3.05) is 32.1 Å². The van der Waals surface area contributed by atoms with E-state index in [1.165, 1.54) is 29.8 Å². The van der Waals surface area contributed by atoms with E-state index < -0.39 is 5.97 Å². The Kier molecular flexibility index (Phi) is 7.22. The van der Waals surface area contributed by atoms with Gasteiger partial charge in [-0.1, -0.05) is 0 Å². The van der Waals surface area contributed by atoms with Crippen LogP contribution in [-0.4, -0.2) is 60.5 Å². The second kappa shape index (κ2) is 9.67. The number of esters is 1. The predicted molar refractivity (Wildman–Crippen MR) is 118 cm³/mol. The molecule has 0 aliphatic carbocycles. The Morgan fingerprint density at radius 3 is 2.53 bits per heavy atom. The maximum absolute atomic E-state index is 12.5. The van der Waals surface area contributed by atoms with E-state index in [4.69, 9.17) is 4.74 Å². The highest BCUT2D eigenvalue weighted by Crippen LogP contribution is 2.33. The van der Waals surface area contributed by atoms with Gasteiger partial charge in [-0.2, -0.15) is 0 Å². The molecule has 0 spiro atoms. The lowest BCUT2D eigenvalue weighted by Gasteiger charge is -2.31. The minimum atomic E-state index is -0.445. The molecule has 0 saturated carbocycles. The van der Waals surface area contributed by atoms with Gasteiger partial charge < -0.3 is 15.4 Å². The molecule has 0 atom stereocenters. The van der Waals surface area contributed by atoms with E-state index in [0.29, 0.717) is 28.5 Å². The monoisotopic (exact) mass is 450 g/mol. The fourth-order valence-electron chi connectivity index (χ4n) is 3.44. The summed E-state index contributed by atoms with van der Waals surface area (Å²) in [5, 5.41) is 6.46. The van der Waals surface area contributed by atoms with Gasteiger partial charge in [-0.3, -0.25) is 14.5 Å². The number of nitrogens with one attached hydrogen (secondary N) is 2. The fourth-order valence-corrected chi connectivity index (χ4v) is 5.21. The number of aryl methyl sites for hydroxylation is 2. The Bertz CT molecular complexity index is 945. The molecule has 10 heteroatoms. The van der Waals surface area contributed by atoms with Crippen LogP contribution in [0.5, 0.6) is 0 Å². The summed E-state index contributed by atoms with van der Waals surface area (Å²) in [6, 6.07) is 0.0897. The van der Waals surface area contributed by atoms with Crippen LogP contribution < -0.4 is 10.6 Å². The van der Waals surface area contributed by atoms with Crippen molar-refractivity contribution >= 4 is 45.5 Å². The molecular formula is C20H26N4O4S2. The third kappa shape index (κ3) is 5.05. The zero-order chi connectivity index (χ0) is 21.8. The fraction of sp³-hybridized carbons (Fsp3) is 0.500. The smallest absolute Gasteiger partial charge is 0.341 e. The van der Waals surface area contributed by atoms with Gasteiger partial charge in [0, 0.05) is 24.0 Å². The molecule has 2 amide bonds. The number of carbonyl (C=O) groups is 3. The van der Waals surface area contributed by atoms with Gasteiger partial charge in [0.15, 0.2) is 0 Å². The van der Waals surface area contributed by atoms with Gasteiger partial charge in [0.1, 0.15) is 9.88 Å². The minimum absolute atomic E-state index is 0.0787. The number of amides is 2. The number of likely N-dealkylation sites (tertiary alicyclic amines) is 1. The molecule has 3 heterocycles. The highest BCUT2D eigenvalue weighted by molar-refractivity contribution is 7.16. The summed E-state index contributed by atoms with van der Waals surface area (Å²) in [5.41, 5.74) is 3.67. The lowest BCUT2D eigenvalue weighted by molar-refractivity contribution is -0.117. The van der Waals surface area contributed by atoms with Crippen LogP contribution in [0.3, 0.4) is 0 Å². The third-order valence-corrected chi connectivity index (χ3v) is 7.32. The second-order valence-corrected chi connectivity index (χ2v) is 9.40. The van der Waals surface area contributed by atoms with Gasteiger partial charge in [-0.05, 0) is 39.2 Å². The summed E-state index contributed by atoms with van der Waals surface area (Å²) in [6.45, 7) is 7.26. The van der Waals surface area contributed by atoms with E-state index in [9.17, 15) is 14.4 Å². The molecule has 1 fully saturated rings. The number of hydrogen-bond donors (Lipinski definition) is 2. The summed E-state index contributed by atoms with van der Waals surface area (Å²) in [5.74, 6) is -0.686. The molecular weight excluding hydrogens is 424 g/mol. The number of thiophene rings is 1. The number of piperidine rings is 1. The largest absolute Gasteiger partial charge is 0.465 e. The van der Waals surface area contributed by atoms with Crippen LogP contribution in [0.25, 0.3) is 0 Å². The van der Waals surface area contributed by atoms with Gasteiger partial charge in [0.25, 0.3) is 5.91 Å². The van der Waals surface area contributed by atoms with Gasteiger partial charge >= 0.3 is 5.97 Å². The number of nitrogens with zero attached hydrogens (tertiary/aromatic N) is 2. The van der Waals surface area contributed by atoms with Crippen molar-refractivity contribution < 1.29 is 19.1 Å². The van der Waals surface area contributed by atoms with E-state index in [-0.39, 0.29) is 24.4 Å². The third-order valence-electron chi connectivity index (χ3n) is 5.27. The highest BCUT2D eigenvalue weighted by Gasteiger charge is 2.25. The van der Waals surface area contributed by atoms with Crippen molar-refractivity contribution in [2.45, 2.75) is 39.7 Å². The molecule has 1 aliphatic rings. The molecule has 1 aliphatic heterocycles. The SMILES string of the molecule is COC(=O)c1c(NC(=O)CN2CCC(NC(=O)c3scnc3C)CC2)sc(C)c1C. The van der Waals surface area contributed by atoms with Crippen molar-refractivity contribution in [2.24, 2.45) is 0 Å². The lowest BCUT2D eigenvalue weighted by atomic mass is 10.0. The van der Waals surface area contributed by atoms with Crippen molar-refractivity contribution in [3.05, 3.63) is 32.1 Å². The van der Waals surface area contributed by atoms with Crippen LogP contribution in [0.15, 0.2) is 5.51 Å². The van der Waals surface area contributed by atoms with Crippen molar-refractivity contribution in [1.82, 2.24) is 15.2 Å². The molecule has 8 nitrogen and oxygen atoms in total. The van der Waals surface area contributed by atoms with Gasteiger partial charge in [-0.15, -0.1) is 22.7 Å². The first kappa shape index (κ1) is 22.4. The van der Waals surface area contributed by atoms with Crippen LogP contribution >= 0.6 is 22.7 Å². The summed E-state index contributed by atoms with van der Waals surface area (Å²) in [6.07, 6.45) is 1.56. The topological polar surface area (TPSA) is 101 Å². The molecule has 0 bridgehead atoms. The molecule has 3 rings (SSSR count). The molecule has 2 aromatic heterocycles. The Balaban J connectivity index is 1.50. The number of carbonyl (C=O) groups excluding carboxylic acids is 3. The first-order valence-corrected chi connectivity index (χ1v) is 11.4. The Morgan fingerprint density at radius 1 is 1.23 bits per heavy atom. The standard InChI is InChI=1S/C20H26N4O4S2/c1-11-13(3)30-19(16(11)20(27)28-4)23-15(25)9-24-7-5-14(6-8-24)22-18(26)17-12(2)21-10-29-17/h10,14H,5-9H2,1-4H3,(H,22,26)(H,23,25). The average molecular weight is 451 g/mol. The molecule has 2 aromatic rings. The number of ether oxygens (including phenoxy) is 1. The zero-order valence-corrected chi connectivity index (χ0v) is 19.2. The van der Waals surface area contributed by atoms with Crippen LogP contribution in [0.2, 0.25) is 0 Å². The first-order chi connectivity index (χ1) is 14.3. The highest BCUT2D eigenvalue weighted by atomic mass is 32.1. The number of rotatable bonds is 6. The quantitative estimate of drug-likeness (QED) is 0.657. The van der Waals surface area contributed by atoms with Crippen molar-refractivity contribution in [3.8, 4) is 0 Å². The lowest BCUT2D eigenvalue weighted by Crippen LogP contribution is -2.46. The number of thiazole rings is 1. The van der Waals surface area contributed by atoms with Crippen molar-refractivity contribution in [3.63, 3.8) is 0 Å². The van der Waals surface area contributed by atoms with Gasteiger partial charge in [-0.25, -0.2) is 9.78 Å². The van der Waals surface area contributed by atoms with E-state index >= 15 is 0 Å². The Labute approximate surface area is 183 Å². The maximum atomic E-state index is 12.5. The molecule has 0 unspecified atom stereocenters. The van der Waals surface area contributed by atoms with Crippen LogP contribution in [0.1, 0.15) is 49.0 Å². The molecule has 1 saturated heterocycles. The van der Waals surface area contributed by atoms with E-state index in [2.05, 4.69) is 20.5 Å². The van der Waals surface area contributed by atoms with Crippen LogP contribution in [0.4, 0.5) is 5.00 Å². The molecule has 162 valence electrons. The maximum Gasteiger partial charge on any atom is 0.341 e. The first-order valence-electron chi connectivity index (χ1n) is 9.71. The average Bonchev–Trinajstić information content (AvgIpc) is 3.26. The molecule has 30 heavy (non-hydrogen) atoms. The summed E-state index contributed by atoms with van der Waals surface area (Å²) < 4.78 is 4.85. The summed E-state index contributed by atoms with van der Waals surface area (Å²) >= 11 is 2.72. The van der Waals surface area contributed by atoms with Gasteiger partial charge in [0.2, 0.25) is 5.91 Å².